The molecule has 10 nitrogen and oxygen atoms in total. The summed E-state index contributed by atoms with van der Waals surface area (Å²) in [5.74, 6) is 1.23. The third-order valence-electron chi connectivity index (χ3n) is 6.33. The van der Waals surface area contributed by atoms with Crippen LogP contribution in [0, 0.1) is 5.41 Å². The molecule has 11 heteroatoms. The second-order valence-corrected chi connectivity index (χ2v) is 9.51. The van der Waals surface area contributed by atoms with Crippen LogP contribution < -0.4 is 15.8 Å². The molecule has 1 atom stereocenters. The number of rotatable bonds is 4. The average Bonchev–Trinajstić information content (AvgIpc) is 3.23. The molecule has 3 aromatic rings. The van der Waals surface area contributed by atoms with Gasteiger partial charge in [0.2, 0.25) is 0 Å². The lowest BCUT2D eigenvalue weighted by molar-refractivity contribution is 0.00947. The molecule has 0 radical (unpaired) electrons. The summed E-state index contributed by atoms with van der Waals surface area (Å²) in [6.07, 6.45) is 3.47. The molecule has 1 saturated heterocycles. The van der Waals surface area contributed by atoms with Crippen LogP contribution >= 0.6 is 11.3 Å². The van der Waals surface area contributed by atoms with Crippen LogP contribution in [-0.4, -0.2) is 71.5 Å². The van der Waals surface area contributed by atoms with Crippen LogP contribution in [-0.2, 0) is 17.7 Å². The van der Waals surface area contributed by atoms with E-state index in [4.69, 9.17) is 20.6 Å². The number of methoxy groups -OCH3 is 1. The van der Waals surface area contributed by atoms with Crippen LogP contribution in [0.4, 0.5) is 22.0 Å². The molecule has 4 N–H and O–H groups in total. The Bertz CT molecular complexity index is 1260. The average molecular weight is 482 g/mol. The van der Waals surface area contributed by atoms with Crippen molar-refractivity contribution >= 4 is 51.0 Å². The number of nitrogens with two attached hydrogens (primary N) is 1. The maximum absolute atomic E-state index is 13.2. The standard InChI is InChI=1S/C23H27N7O3S/c1-13-11-33-6-5-30(13)23(31)29-4-3-15-19(10-29)34-22-20(15)21(26-12-27-22)28-17-7-14(9-24)16(25)8-18(17)32-2/h7-9,12-13,24H,3-6,10-11,25H2,1-2H3,(H,26,27,28). The molecule has 2 aromatic heterocycles. The summed E-state index contributed by atoms with van der Waals surface area (Å²) >= 11 is 1.60. The fraction of sp³-hybridized carbons (Fsp3) is 0.391. The van der Waals surface area contributed by atoms with Crippen molar-refractivity contribution in [3.63, 3.8) is 0 Å². The monoisotopic (exact) mass is 481 g/mol. The highest BCUT2D eigenvalue weighted by Gasteiger charge is 2.32. The topological polar surface area (TPSA) is 130 Å². The number of hydrogen-bond donors (Lipinski definition) is 3. The number of carbonyl (C=O) groups is 1. The molecule has 1 aromatic carbocycles. The van der Waals surface area contributed by atoms with Gasteiger partial charge in [-0.15, -0.1) is 11.3 Å². The molecule has 4 heterocycles. The van der Waals surface area contributed by atoms with E-state index >= 15 is 0 Å². The number of amides is 2. The van der Waals surface area contributed by atoms with Crippen LogP contribution in [0.15, 0.2) is 18.5 Å². The zero-order valence-corrected chi connectivity index (χ0v) is 19.9. The van der Waals surface area contributed by atoms with Gasteiger partial charge in [-0.05, 0) is 25.0 Å². The molecule has 0 bridgehead atoms. The first-order chi connectivity index (χ1) is 16.5. The molecule has 2 amide bonds. The molecule has 178 valence electrons. The predicted molar refractivity (Wildman–Crippen MR) is 132 cm³/mol. The third kappa shape index (κ3) is 3.90. The second-order valence-electron chi connectivity index (χ2n) is 8.43. The maximum Gasteiger partial charge on any atom is 0.320 e. The minimum atomic E-state index is 0.0640. The van der Waals surface area contributed by atoms with Crippen LogP contribution in [0.2, 0.25) is 0 Å². The first-order valence-electron chi connectivity index (χ1n) is 11.1. The van der Waals surface area contributed by atoms with Gasteiger partial charge in [0, 0.05) is 41.5 Å². The number of carbonyl (C=O) groups excluding carboxylic acids is 1. The van der Waals surface area contributed by atoms with Gasteiger partial charge in [0.05, 0.1) is 44.0 Å². The summed E-state index contributed by atoms with van der Waals surface area (Å²) < 4.78 is 11.0. The number of ether oxygens (including phenoxy) is 2. The van der Waals surface area contributed by atoms with Crippen LogP contribution in [0.5, 0.6) is 5.75 Å². The van der Waals surface area contributed by atoms with E-state index in [9.17, 15) is 4.79 Å². The Morgan fingerprint density at radius 1 is 1.38 bits per heavy atom. The summed E-state index contributed by atoms with van der Waals surface area (Å²) in [6, 6.07) is 3.61. The van der Waals surface area contributed by atoms with E-state index in [-0.39, 0.29) is 12.1 Å². The van der Waals surface area contributed by atoms with Gasteiger partial charge in [0.15, 0.2) is 0 Å². The van der Waals surface area contributed by atoms with E-state index in [0.717, 1.165) is 21.5 Å². The van der Waals surface area contributed by atoms with Gasteiger partial charge in [-0.2, -0.15) is 0 Å². The highest BCUT2D eigenvalue weighted by atomic mass is 32.1. The van der Waals surface area contributed by atoms with Gasteiger partial charge in [-0.3, -0.25) is 0 Å². The van der Waals surface area contributed by atoms with Crippen molar-refractivity contribution < 1.29 is 14.3 Å². The number of benzene rings is 1. The maximum atomic E-state index is 13.2. The van der Waals surface area contributed by atoms with Crippen molar-refractivity contribution in [3.8, 4) is 5.75 Å². The number of hydrogen-bond acceptors (Lipinski definition) is 9. The lowest BCUT2D eigenvalue weighted by Crippen LogP contribution is -2.53. The molecule has 0 aliphatic carbocycles. The third-order valence-corrected chi connectivity index (χ3v) is 7.46. The number of nitrogen functional groups attached to an aromatic ring is 1. The number of nitrogens with zero attached hydrogens (tertiary/aromatic N) is 4. The van der Waals surface area contributed by atoms with Crippen molar-refractivity contribution in [3.05, 3.63) is 34.5 Å². The first kappa shape index (κ1) is 22.4. The highest BCUT2D eigenvalue weighted by Crippen LogP contribution is 2.40. The molecule has 1 unspecified atom stereocenters. The Balaban J connectivity index is 1.46. The van der Waals surface area contributed by atoms with E-state index < -0.39 is 0 Å². The summed E-state index contributed by atoms with van der Waals surface area (Å²) in [4.78, 5) is 28.0. The molecular formula is C23H27N7O3S. The number of aromatic nitrogens is 2. The quantitative estimate of drug-likeness (QED) is 0.385. The predicted octanol–water partition coefficient (Wildman–Crippen LogP) is 3.22. The van der Waals surface area contributed by atoms with Crippen molar-refractivity contribution in [2.45, 2.75) is 25.9 Å². The lowest BCUT2D eigenvalue weighted by Gasteiger charge is -2.38. The van der Waals surface area contributed by atoms with Crippen LogP contribution in [0.25, 0.3) is 10.2 Å². The minimum absolute atomic E-state index is 0.0640. The summed E-state index contributed by atoms with van der Waals surface area (Å²) in [5.41, 5.74) is 8.91. The summed E-state index contributed by atoms with van der Waals surface area (Å²) in [6.45, 7) is 5.00. The Kier molecular flexibility index (Phi) is 5.96. The van der Waals surface area contributed by atoms with Crippen LogP contribution in [0.1, 0.15) is 22.9 Å². The van der Waals surface area contributed by atoms with Crippen molar-refractivity contribution in [2.75, 3.05) is 44.5 Å². The molecule has 1 fully saturated rings. The van der Waals surface area contributed by atoms with Gasteiger partial charge >= 0.3 is 6.03 Å². The van der Waals surface area contributed by atoms with E-state index in [0.29, 0.717) is 61.4 Å². The fourth-order valence-electron chi connectivity index (χ4n) is 4.51. The molecule has 5 rings (SSSR count). The number of nitrogens with one attached hydrogen (secondary N) is 2. The number of thiophene rings is 1. The van der Waals surface area contributed by atoms with E-state index in [1.807, 2.05) is 16.7 Å². The Morgan fingerprint density at radius 3 is 3.00 bits per heavy atom. The van der Waals surface area contributed by atoms with Crippen LogP contribution in [0.3, 0.4) is 0 Å². The Morgan fingerprint density at radius 2 is 2.24 bits per heavy atom. The molecular weight excluding hydrogens is 454 g/mol. The second kappa shape index (κ2) is 9.07. The van der Waals surface area contributed by atoms with E-state index in [2.05, 4.69) is 15.3 Å². The van der Waals surface area contributed by atoms with Gasteiger partial charge in [0.1, 0.15) is 22.7 Å². The van der Waals surface area contributed by atoms with Crippen molar-refractivity contribution in [1.82, 2.24) is 19.8 Å². The molecule has 0 spiro atoms. The van der Waals surface area contributed by atoms with Gasteiger partial charge in [0.25, 0.3) is 0 Å². The number of urea groups is 1. The largest absolute Gasteiger partial charge is 0.494 e. The number of anilines is 3. The minimum Gasteiger partial charge on any atom is -0.494 e. The number of morpholine rings is 1. The zero-order valence-electron chi connectivity index (χ0n) is 19.1. The molecule has 34 heavy (non-hydrogen) atoms. The first-order valence-corrected chi connectivity index (χ1v) is 11.9. The highest BCUT2D eigenvalue weighted by molar-refractivity contribution is 7.19. The van der Waals surface area contributed by atoms with Gasteiger partial charge in [-0.1, -0.05) is 0 Å². The van der Waals surface area contributed by atoms with E-state index in [1.54, 1.807) is 30.6 Å². The van der Waals surface area contributed by atoms with Gasteiger partial charge < -0.3 is 35.7 Å². The summed E-state index contributed by atoms with van der Waals surface area (Å²) in [5, 5.41) is 11.9. The Hall–Kier alpha value is -3.44. The normalized spacial score (nSPS) is 18.0. The van der Waals surface area contributed by atoms with Crippen molar-refractivity contribution in [1.29, 1.82) is 5.41 Å². The fourth-order valence-corrected chi connectivity index (χ4v) is 5.71. The SMILES string of the molecule is COc1cc(N)c(C=N)cc1Nc1ncnc2sc3c(c12)CCN(C(=O)N1CCOCC1C)C3. The van der Waals surface area contributed by atoms with E-state index in [1.165, 1.54) is 18.1 Å². The lowest BCUT2D eigenvalue weighted by atomic mass is 10.0. The zero-order chi connectivity index (χ0) is 23.8. The van der Waals surface area contributed by atoms with Crippen molar-refractivity contribution in [2.24, 2.45) is 0 Å². The Labute approximate surface area is 201 Å². The molecule has 2 aliphatic heterocycles. The molecule has 2 aliphatic rings. The molecule has 0 saturated carbocycles. The number of fused-ring (bicyclic) bond motifs is 3. The smallest absolute Gasteiger partial charge is 0.320 e. The van der Waals surface area contributed by atoms with Gasteiger partial charge in [-0.25, -0.2) is 14.8 Å². The summed E-state index contributed by atoms with van der Waals surface area (Å²) in [7, 11) is 1.58.